The zero-order valence-electron chi connectivity index (χ0n) is 17.3. The maximum Gasteiger partial charge on any atom is 0.233 e. The van der Waals surface area contributed by atoms with Gasteiger partial charge in [-0.1, -0.05) is 78.0 Å². The van der Waals surface area contributed by atoms with Crippen LogP contribution in [0.25, 0.3) is 22.0 Å². The molecule has 0 saturated carbocycles. The van der Waals surface area contributed by atoms with Crippen molar-refractivity contribution in [3.8, 4) is 11.3 Å². The lowest BCUT2D eigenvalue weighted by molar-refractivity contribution is -0.120. The van der Waals surface area contributed by atoms with Gasteiger partial charge in [-0.3, -0.25) is 4.79 Å². The number of benzene rings is 2. The van der Waals surface area contributed by atoms with Crippen molar-refractivity contribution < 1.29 is 4.79 Å². The molecule has 1 aromatic heterocycles. The molecule has 0 radical (unpaired) electrons. The zero-order valence-corrected chi connectivity index (χ0v) is 18.1. The molecular weight excluding hydrogens is 390 g/mol. The quantitative estimate of drug-likeness (QED) is 0.391. The summed E-state index contributed by atoms with van der Waals surface area (Å²) in [6.07, 6.45) is 8.22. The molecule has 1 heterocycles. The van der Waals surface area contributed by atoms with Crippen LogP contribution in [0.4, 0.5) is 0 Å². The maximum absolute atomic E-state index is 12.6. The fourth-order valence-corrected chi connectivity index (χ4v) is 4.74. The number of rotatable bonds is 7. The minimum atomic E-state index is -0.231. The van der Waals surface area contributed by atoms with Crippen molar-refractivity contribution in [2.75, 3.05) is 6.54 Å². The Morgan fingerprint density at radius 3 is 2.57 bits per heavy atom. The van der Waals surface area contributed by atoms with Crippen molar-refractivity contribution in [1.82, 2.24) is 15.5 Å². The van der Waals surface area contributed by atoms with Crippen LogP contribution in [-0.4, -0.2) is 27.9 Å². The predicted molar refractivity (Wildman–Crippen MR) is 124 cm³/mol. The van der Waals surface area contributed by atoms with Gasteiger partial charge < -0.3 is 5.32 Å². The van der Waals surface area contributed by atoms with E-state index in [2.05, 4.69) is 33.7 Å². The summed E-state index contributed by atoms with van der Waals surface area (Å²) in [6, 6.07) is 18.2. The number of nitrogens with zero attached hydrogens (tertiary/aromatic N) is 2. The van der Waals surface area contributed by atoms with Gasteiger partial charge in [0.05, 0.1) is 5.25 Å². The van der Waals surface area contributed by atoms with E-state index in [1.54, 1.807) is 0 Å². The third-order valence-electron chi connectivity index (χ3n) is 5.49. The molecule has 1 atom stereocenters. The van der Waals surface area contributed by atoms with Crippen molar-refractivity contribution in [3.05, 3.63) is 66.2 Å². The lowest BCUT2D eigenvalue weighted by atomic mass is 9.97. The van der Waals surface area contributed by atoms with Gasteiger partial charge in [-0.2, -0.15) is 0 Å². The van der Waals surface area contributed by atoms with Gasteiger partial charge in [-0.15, -0.1) is 10.2 Å². The smallest absolute Gasteiger partial charge is 0.233 e. The van der Waals surface area contributed by atoms with Gasteiger partial charge in [0.25, 0.3) is 0 Å². The topological polar surface area (TPSA) is 54.9 Å². The molecule has 0 fully saturated rings. The summed E-state index contributed by atoms with van der Waals surface area (Å²) in [5, 5.41) is 14.7. The molecule has 5 heteroatoms. The molecule has 154 valence electrons. The maximum atomic E-state index is 12.6. The monoisotopic (exact) mass is 417 g/mol. The van der Waals surface area contributed by atoms with Crippen molar-refractivity contribution in [2.24, 2.45) is 0 Å². The second-order valence-corrected chi connectivity index (χ2v) is 9.00. The van der Waals surface area contributed by atoms with Crippen molar-refractivity contribution in [1.29, 1.82) is 0 Å². The Morgan fingerprint density at radius 1 is 1.03 bits per heavy atom. The molecule has 1 aliphatic carbocycles. The van der Waals surface area contributed by atoms with E-state index >= 15 is 0 Å². The summed E-state index contributed by atoms with van der Waals surface area (Å²) in [5.74, 6) is 0.0504. The van der Waals surface area contributed by atoms with E-state index in [4.69, 9.17) is 0 Å². The van der Waals surface area contributed by atoms with Crippen LogP contribution in [0.1, 0.15) is 39.0 Å². The van der Waals surface area contributed by atoms with Crippen LogP contribution in [0.15, 0.2) is 71.3 Å². The minimum absolute atomic E-state index is 0.0504. The number of allylic oxidation sites excluding steroid dienone is 1. The average molecular weight is 418 g/mol. The molecule has 1 aliphatic rings. The van der Waals surface area contributed by atoms with Crippen molar-refractivity contribution in [3.63, 3.8) is 0 Å². The molecule has 4 rings (SSSR count). The van der Waals surface area contributed by atoms with Gasteiger partial charge in [0.2, 0.25) is 5.91 Å². The molecule has 2 aromatic carbocycles. The van der Waals surface area contributed by atoms with Gasteiger partial charge in [0, 0.05) is 22.9 Å². The summed E-state index contributed by atoms with van der Waals surface area (Å²) < 4.78 is 0. The minimum Gasteiger partial charge on any atom is -0.355 e. The number of hydrogen-bond donors (Lipinski definition) is 1. The third kappa shape index (κ3) is 4.90. The van der Waals surface area contributed by atoms with Crippen LogP contribution in [0.3, 0.4) is 0 Å². The molecule has 1 unspecified atom stereocenters. The summed E-state index contributed by atoms with van der Waals surface area (Å²) in [6.45, 7) is 2.64. The fraction of sp³-hybridized carbons (Fsp3) is 0.320. The Labute approximate surface area is 182 Å². The second-order valence-electron chi connectivity index (χ2n) is 7.67. The Kier molecular flexibility index (Phi) is 6.80. The first-order valence-corrected chi connectivity index (χ1v) is 11.5. The van der Waals surface area contributed by atoms with Crippen LogP contribution >= 0.6 is 11.8 Å². The highest BCUT2D eigenvalue weighted by molar-refractivity contribution is 8.00. The first-order valence-electron chi connectivity index (χ1n) is 10.7. The van der Waals surface area contributed by atoms with E-state index in [1.807, 2.05) is 49.4 Å². The van der Waals surface area contributed by atoms with Crippen molar-refractivity contribution in [2.45, 2.75) is 49.3 Å². The SMILES string of the molecule is CC(Sc1nnc(-c2ccccc2)c2ccccc12)C(=O)NCCC1=CCCCC1. The largest absolute Gasteiger partial charge is 0.355 e. The first-order chi connectivity index (χ1) is 14.7. The van der Waals surface area contributed by atoms with Gasteiger partial charge in [-0.05, 0) is 39.0 Å². The lowest BCUT2D eigenvalue weighted by Crippen LogP contribution is -2.32. The van der Waals surface area contributed by atoms with Crippen LogP contribution in [0.5, 0.6) is 0 Å². The van der Waals surface area contributed by atoms with E-state index in [-0.39, 0.29) is 11.2 Å². The molecule has 0 saturated heterocycles. The summed E-state index contributed by atoms with van der Waals surface area (Å²) in [5.41, 5.74) is 3.39. The van der Waals surface area contributed by atoms with Crippen LogP contribution in [0.2, 0.25) is 0 Å². The molecule has 0 spiro atoms. The Hall–Kier alpha value is -2.66. The Bertz CT molecular complexity index is 1050. The molecule has 4 nitrogen and oxygen atoms in total. The van der Waals surface area contributed by atoms with Crippen LogP contribution in [0, 0.1) is 0 Å². The average Bonchev–Trinajstić information content (AvgIpc) is 2.80. The molecular formula is C25H27N3OS. The van der Waals surface area contributed by atoms with E-state index in [1.165, 1.54) is 43.0 Å². The Morgan fingerprint density at radius 2 is 1.80 bits per heavy atom. The van der Waals surface area contributed by atoms with Crippen LogP contribution < -0.4 is 5.32 Å². The van der Waals surface area contributed by atoms with Crippen molar-refractivity contribution >= 4 is 28.4 Å². The van der Waals surface area contributed by atoms with E-state index < -0.39 is 0 Å². The third-order valence-corrected chi connectivity index (χ3v) is 6.58. The van der Waals surface area contributed by atoms with Gasteiger partial charge >= 0.3 is 0 Å². The zero-order chi connectivity index (χ0) is 20.8. The number of nitrogens with one attached hydrogen (secondary N) is 1. The van der Waals surface area contributed by atoms with E-state index in [0.29, 0.717) is 6.54 Å². The number of aromatic nitrogens is 2. The molecule has 1 amide bonds. The van der Waals surface area contributed by atoms with E-state index in [0.717, 1.165) is 33.5 Å². The number of fused-ring (bicyclic) bond motifs is 1. The first kappa shape index (κ1) is 20.6. The number of carbonyl (C=O) groups is 1. The second kappa shape index (κ2) is 9.90. The van der Waals surface area contributed by atoms with Gasteiger partial charge in [-0.25, -0.2) is 0 Å². The summed E-state index contributed by atoms with van der Waals surface area (Å²) >= 11 is 1.47. The lowest BCUT2D eigenvalue weighted by Gasteiger charge is -2.15. The molecule has 1 N–H and O–H groups in total. The summed E-state index contributed by atoms with van der Waals surface area (Å²) in [7, 11) is 0. The number of amides is 1. The highest BCUT2D eigenvalue weighted by atomic mass is 32.2. The highest BCUT2D eigenvalue weighted by Gasteiger charge is 2.18. The normalized spacial score (nSPS) is 14.9. The molecule has 30 heavy (non-hydrogen) atoms. The number of hydrogen-bond acceptors (Lipinski definition) is 4. The Balaban J connectivity index is 1.45. The van der Waals surface area contributed by atoms with Crippen LogP contribution in [-0.2, 0) is 4.79 Å². The highest BCUT2D eigenvalue weighted by Crippen LogP contribution is 2.33. The standard InChI is InChI=1S/C25H27N3OS/c1-18(24(29)26-17-16-19-10-4-2-5-11-19)30-25-22-15-9-8-14-21(22)23(27-28-25)20-12-6-3-7-13-20/h3,6-10,12-15,18H,2,4-5,11,16-17H2,1H3,(H,26,29). The van der Waals surface area contributed by atoms with Gasteiger partial charge in [0.15, 0.2) is 0 Å². The molecule has 0 bridgehead atoms. The summed E-state index contributed by atoms with van der Waals surface area (Å²) in [4.78, 5) is 12.6. The number of carbonyl (C=O) groups excluding carboxylic acids is 1. The van der Waals surface area contributed by atoms with E-state index in [9.17, 15) is 4.79 Å². The predicted octanol–water partition coefficient (Wildman–Crippen LogP) is 5.78. The number of thioether (sulfide) groups is 1. The molecule has 3 aromatic rings. The fourth-order valence-electron chi connectivity index (χ4n) is 3.82. The molecule has 0 aliphatic heterocycles. The van der Waals surface area contributed by atoms with Gasteiger partial charge in [0.1, 0.15) is 10.7 Å².